The lowest BCUT2D eigenvalue weighted by Crippen LogP contribution is -2.10. The van der Waals surface area contributed by atoms with Crippen molar-refractivity contribution < 1.29 is 13.3 Å². The first-order valence-electron chi connectivity index (χ1n) is 19.4. The average molecular weight is 745 g/mol. The first-order valence-corrected chi connectivity index (χ1v) is 19.4. The van der Waals surface area contributed by atoms with E-state index >= 15 is 0 Å². The maximum atomic E-state index is 6.66. The van der Waals surface area contributed by atoms with Crippen LogP contribution in [0.5, 0.6) is 0 Å². The van der Waals surface area contributed by atoms with Crippen LogP contribution in [0.2, 0.25) is 0 Å². The van der Waals surface area contributed by atoms with Crippen molar-refractivity contribution in [2.24, 2.45) is 0 Å². The van der Waals surface area contributed by atoms with Gasteiger partial charge < -0.3 is 18.2 Å². The SMILES string of the molecule is c1cc(-c2cccc3ccccc23)cc(N(c2ccc(-c3cccc4nc(-c5cccc6oc7ccccc7c56)oc34)cc2)c2ccc3c(c2)oc2ccccc23)c1. The molecule has 272 valence electrons. The lowest BCUT2D eigenvalue weighted by molar-refractivity contribution is 0.621. The lowest BCUT2D eigenvalue weighted by Gasteiger charge is -2.26. The Hall–Kier alpha value is -7.89. The zero-order chi connectivity index (χ0) is 38.2. The second-order valence-corrected chi connectivity index (χ2v) is 14.7. The van der Waals surface area contributed by atoms with Crippen molar-refractivity contribution in [1.82, 2.24) is 4.98 Å². The Bertz CT molecular complexity index is 3530. The highest BCUT2D eigenvalue weighted by Gasteiger charge is 2.20. The van der Waals surface area contributed by atoms with E-state index in [1.165, 1.54) is 16.3 Å². The highest BCUT2D eigenvalue weighted by Crippen LogP contribution is 2.43. The standard InChI is InChI=1S/C53H32N2O3/c1-2-15-39-33(11-1)12-8-18-40(39)35-13-7-14-37(31-35)55(38-29-30-43-42-16-3-5-22-47(42)57-50(43)32-38)36-27-25-34(26-28-36)41-19-9-21-46-52(41)58-53(54-46)45-20-10-24-49-51(45)44-17-4-6-23-48(44)56-49/h1-32H. The molecular weight excluding hydrogens is 713 g/mol. The molecule has 0 unspecified atom stereocenters. The van der Waals surface area contributed by atoms with E-state index in [1.807, 2.05) is 54.6 Å². The second-order valence-electron chi connectivity index (χ2n) is 14.7. The zero-order valence-corrected chi connectivity index (χ0v) is 31.1. The first-order chi connectivity index (χ1) is 28.7. The fourth-order valence-electron chi connectivity index (χ4n) is 8.63. The van der Waals surface area contributed by atoms with Crippen molar-refractivity contribution in [2.75, 3.05) is 4.90 Å². The molecule has 0 bridgehead atoms. The Kier molecular flexibility index (Phi) is 7.16. The van der Waals surface area contributed by atoms with Gasteiger partial charge in [-0.2, -0.15) is 0 Å². The van der Waals surface area contributed by atoms with Gasteiger partial charge in [0, 0.05) is 55.8 Å². The number of benzene rings is 9. The highest BCUT2D eigenvalue weighted by atomic mass is 16.4. The number of oxazole rings is 1. The Morgan fingerprint density at radius 2 is 0.983 bits per heavy atom. The van der Waals surface area contributed by atoms with Gasteiger partial charge in [-0.05, 0) is 94.2 Å². The predicted molar refractivity (Wildman–Crippen MR) is 237 cm³/mol. The third-order valence-corrected chi connectivity index (χ3v) is 11.3. The fourth-order valence-corrected chi connectivity index (χ4v) is 8.63. The van der Waals surface area contributed by atoms with Gasteiger partial charge in [0.1, 0.15) is 27.8 Å². The molecule has 0 N–H and O–H groups in total. The van der Waals surface area contributed by atoms with Crippen LogP contribution in [0.3, 0.4) is 0 Å². The van der Waals surface area contributed by atoms with Crippen LogP contribution in [0.25, 0.3) is 99.5 Å². The first kappa shape index (κ1) is 32.4. The van der Waals surface area contributed by atoms with Gasteiger partial charge in [0.05, 0.1) is 0 Å². The summed E-state index contributed by atoms with van der Waals surface area (Å²) < 4.78 is 19.2. The van der Waals surface area contributed by atoms with E-state index in [9.17, 15) is 0 Å². The molecule has 0 spiro atoms. The molecule has 0 saturated carbocycles. The summed E-state index contributed by atoms with van der Waals surface area (Å²) in [4.78, 5) is 7.30. The molecule has 0 fully saturated rings. The zero-order valence-electron chi connectivity index (χ0n) is 31.1. The van der Waals surface area contributed by atoms with Gasteiger partial charge in [0.2, 0.25) is 5.89 Å². The van der Waals surface area contributed by atoms with Crippen LogP contribution in [0.1, 0.15) is 0 Å². The summed E-state index contributed by atoms with van der Waals surface area (Å²) >= 11 is 0. The molecule has 0 aliphatic rings. The molecule has 5 heteroatoms. The smallest absolute Gasteiger partial charge is 0.228 e. The number of nitrogens with zero attached hydrogens (tertiary/aromatic N) is 2. The number of para-hydroxylation sites is 3. The van der Waals surface area contributed by atoms with Crippen LogP contribution >= 0.6 is 0 Å². The summed E-state index contributed by atoms with van der Waals surface area (Å²) in [5, 5.41) is 6.68. The van der Waals surface area contributed by atoms with Gasteiger partial charge in [-0.25, -0.2) is 4.98 Å². The van der Waals surface area contributed by atoms with Crippen molar-refractivity contribution in [1.29, 1.82) is 0 Å². The maximum Gasteiger partial charge on any atom is 0.228 e. The quantitative estimate of drug-likeness (QED) is 0.170. The summed E-state index contributed by atoms with van der Waals surface area (Å²) in [6.07, 6.45) is 0. The number of aromatic nitrogens is 1. The molecule has 0 aliphatic carbocycles. The molecule has 0 atom stereocenters. The normalized spacial score (nSPS) is 11.8. The summed E-state index contributed by atoms with van der Waals surface area (Å²) in [6.45, 7) is 0. The Labute approximate surface area is 332 Å². The molecule has 58 heavy (non-hydrogen) atoms. The Morgan fingerprint density at radius 1 is 0.362 bits per heavy atom. The van der Waals surface area contributed by atoms with Crippen molar-refractivity contribution in [3.63, 3.8) is 0 Å². The summed E-state index contributed by atoms with van der Waals surface area (Å²) in [5.74, 6) is 0.564. The third-order valence-electron chi connectivity index (χ3n) is 11.3. The van der Waals surface area contributed by atoms with Crippen LogP contribution in [-0.2, 0) is 0 Å². The number of hydrogen-bond acceptors (Lipinski definition) is 5. The number of anilines is 3. The number of rotatable bonds is 6. The molecule has 12 rings (SSSR count). The van der Waals surface area contributed by atoms with Gasteiger partial charge in [-0.15, -0.1) is 0 Å². The van der Waals surface area contributed by atoms with Crippen LogP contribution in [0.15, 0.2) is 207 Å². The fraction of sp³-hybridized carbons (Fsp3) is 0. The van der Waals surface area contributed by atoms with Crippen molar-refractivity contribution in [2.45, 2.75) is 0 Å². The van der Waals surface area contributed by atoms with E-state index in [2.05, 4.69) is 144 Å². The molecule has 0 aliphatic heterocycles. The number of furan rings is 2. The minimum Gasteiger partial charge on any atom is -0.456 e. The van der Waals surface area contributed by atoms with E-state index < -0.39 is 0 Å². The molecule has 12 aromatic rings. The minimum atomic E-state index is 0.564. The van der Waals surface area contributed by atoms with Gasteiger partial charge in [-0.3, -0.25) is 0 Å². The van der Waals surface area contributed by atoms with E-state index in [1.54, 1.807) is 0 Å². The molecule has 3 heterocycles. The van der Waals surface area contributed by atoms with Crippen LogP contribution in [0, 0.1) is 0 Å². The summed E-state index contributed by atoms with van der Waals surface area (Å²) in [5.41, 5.74) is 13.2. The minimum absolute atomic E-state index is 0.564. The molecular formula is C53H32N2O3. The average Bonchev–Trinajstić information content (AvgIpc) is 4.00. The molecule has 3 aromatic heterocycles. The van der Waals surface area contributed by atoms with Gasteiger partial charge in [-0.1, -0.05) is 121 Å². The highest BCUT2D eigenvalue weighted by molar-refractivity contribution is 6.12. The largest absolute Gasteiger partial charge is 0.456 e. The molecule has 5 nitrogen and oxygen atoms in total. The third kappa shape index (κ3) is 5.14. The second kappa shape index (κ2) is 12.8. The molecule has 0 radical (unpaired) electrons. The number of fused-ring (bicyclic) bond motifs is 8. The van der Waals surface area contributed by atoms with E-state index in [0.717, 1.165) is 94.3 Å². The van der Waals surface area contributed by atoms with E-state index in [4.69, 9.17) is 18.2 Å². The molecule has 0 amide bonds. The van der Waals surface area contributed by atoms with Gasteiger partial charge in [0.15, 0.2) is 5.58 Å². The molecule has 0 saturated heterocycles. The predicted octanol–water partition coefficient (Wildman–Crippen LogP) is 15.3. The van der Waals surface area contributed by atoms with Crippen LogP contribution in [0.4, 0.5) is 17.1 Å². The van der Waals surface area contributed by atoms with Crippen LogP contribution in [-0.4, -0.2) is 4.98 Å². The van der Waals surface area contributed by atoms with E-state index in [-0.39, 0.29) is 0 Å². The van der Waals surface area contributed by atoms with Crippen LogP contribution < -0.4 is 4.90 Å². The topological polar surface area (TPSA) is 55.6 Å². The lowest BCUT2D eigenvalue weighted by atomic mass is 9.97. The van der Waals surface area contributed by atoms with Gasteiger partial charge >= 0.3 is 0 Å². The summed E-state index contributed by atoms with van der Waals surface area (Å²) in [7, 11) is 0. The molecule has 9 aromatic carbocycles. The Balaban J connectivity index is 0.978. The Morgan fingerprint density at radius 3 is 1.88 bits per heavy atom. The monoisotopic (exact) mass is 744 g/mol. The number of hydrogen-bond donors (Lipinski definition) is 0. The maximum absolute atomic E-state index is 6.66. The van der Waals surface area contributed by atoms with Gasteiger partial charge in [0.25, 0.3) is 0 Å². The summed E-state index contributed by atoms with van der Waals surface area (Å²) in [6, 6.07) is 67.5. The van der Waals surface area contributed by atoms with Crippen molar-refractivity contribution >= 4 is 82.8 Å². The van der Waals surface area contributed by atoms with E-state index in [0.29, 0.717) is 5.89 Å². The van der Waals surface area contributed by atoms with Crippen molar-refractivity contribution in [3.05, 3.63) is 194 Å². The van der Waals surface area contributed by atoms with Crippen molar-refractivity contribution in [3.8, 4) is 33.7 Å².